The summed E-state index contributed by atoms with van der Waals surface area (Å²) in [4.78, 5) is 34.1. The Hall–Kier alpha value is -2.74. The van der Waals surface area contributed by atoms with E-state index >= 15 is 0 Å². The predicted molar refractivity (Wildman–Crippen MR) is 96.8 cm³/mol. The molecular formula is C19H16F2O5S. The minimum absolute atomic E-state index is 0.00620. The van der Waals surface area contributed by atoms with Gasteiger partial charge in [-0.3, -0.25) is 14.4 Å². The van der Waals surface area contributed by atoms with Crippen LogP contribution in [0.5, 0.6) is 0 Å². The number of aliphatic carboxylic acids is 2. The van der Waals surface area contributed by atoms with Crippen molar-refractivity contribution in [3.05, 3.63) is 59.7 Å². The number of ketones is 1. The van der Waals surface area contributed by atoms with Gasteiger partial charge in [0.05, 0.1) is 11.7 Å². The number of Topliss-reactive ketones (excluding diaryl/α,β-unsaturated/α-hetero) is 1. The highest BCUT2D eigenvalue weighted by atomic mass is 32.2. The van der Waals surface area contributed by atoms with Crippen molar-refractivity contribution in [2.45, 2.75) is 6.42 Å². The fraction of sp³-hybridized carbons (Fsp3) is 0.211. The fourth-order valence-corrected chi connectivity index (χ4v) is 3.24. The van der Waals surface area contributed by atoms with E-state index in [1.54, 1.807) is 0 Å². The Morgan fingerprint density at radius 3 is 2.22 bits per heavy atom. The first-order valence-corrected chi connectivity index (χ1v) is 9.04. The van der Waals surface area contributed by atoms with Crippen LogP contribution in [-0.4, -0.2) is 39.4 Å². The van der Waals surface area contributed by atoms with Crippen LogP contribution >= 0.6 is 11.8 Å². The summed E-state index contributed by atoms with van der Waals surface area (Å²) in [5.74, 6) is -5.30. The van der Waals surface area contributed by atoms with Gasteiger partial charge >= 0.3 is 11.9 Å². The number of carboxylic acid groups (broad SMARTS) is 2. The first-order chi connectivity index (χ1) is 12.8. The number of hydrogen-bond acceptors (Lipinski definition) is 4. The lowest BCUT2D eigenvalue weighted by Crippen LogP contribution is -2.21. The lowest BCUT2D eigenvalue weighted by Gasteiger charge is -2.11. The van der Waals surface area contributed by atoms with Gasteiger partial charge < -0.3 is 10.2 Å². The van der Waals surface area contributed by atoms with Crippen molar-refractivity contribution in [2.75, 3.05) is 11.5 Å². The van der Waals surface area contributed by atoms with E-state index in [2.05, 4.69) is 0 Å². The van der Waals surface area contributed by atoms with Crippen LogP contribution in [0.2, 0.25) is 0 Å². The molecule has 0 aliphatic rings. The minimum Gasteiger partial charge on any atom is -0.481 e. The van der Waals surface area contributed by atoms with Crippen LogP contribution in [0.4, 0.5) is 8.78 Å². The van der Waals surface area contributed by atoms with Crippen molar-refractivity contribution in [3.8, 4) is 11.1 Å². The number of benzene rings is 2. The molecule has 5 nitrogen and oxygen atoms in total. The van der Waals surface area contributed by atoms with E-state index in [-0.39, 0.29) is 29.1 Å². The number of carbonyl (C=O) groups is 3. The van der Waals surface area contributed by atoms with Gasteiger partial charge in [0, 0.05) is 29.4 Å². The van der Waals surface area contributed by atoms with Crippen LogP contribution in [0, 0.1) is 17.6 Å². The van der Waals surface area contributed by atoms with E-state index < -0.39 is 35.3 Å². The molecule has 0 aliphatic heterocycles. The number of halogens is 2. The van der Waals surface area contributed by atoms with Crippen LogP contribution in [0.3, 0.4) is 0 Å². The van der Waals surface area contributed by atoms with Crippen molar-refractivity contribution in [3.63, 3.8) is 0 Å². The maximum Gasteiger partial charge on any atom is 0.313 e. The summed E-state index contributed by atoms with van der Waals surface area (Å²) in [5.41, 5.74) is 0.899. The SMILES string of the molecule is O=C(O)CSC[C@H](CC(=O)c1ccc(-c2ccc(F)cc2F)cc1)C(=O)O. The maximum absolute atomic E-state index is 13.8. The molecule has 2 N–H and O–H groups in total. The van der Waals surface area contributed by atoms with Crippen molar-refractivity contribution in [1.29, 1.82) is 0 Å². The molecule has 0 bridgehead atoms. The Morgan fingerprint density at radius 1 is 1.00 bits per heavy atom. The Bertz CT molecular complexity index is 852. The Labute approximate surface area is 158 Å². The molecule has 2 aromatic carbocycles. The molecule has 0 aromatic heterocycles. The van der Waals surface area contributed by atoms with E-state index in [9.17, 15) is 28.3 Å². The number of thioether (sulfide) groups is 1. The molecule has 0 unspecified atom stereocenters. The van der Waals surface area contributed by atoms with E-state index in [0.717, 1.165) is 23.9 Å². The lowest BCUT2D eigenvalue weighted by molar-refractivity contribution is -0.141. The molecule has 0 saturated carbocycles. The third-order valence-corrected chi connectivity index (χ3v) is 4.86. The normalized spacial score (nSPS) is 11.8. The molecule has 27 heavy (non-hydrogen) atoms. The van der Waals surface area contributed by atoms with Crippen LogP contribution in [0.15, 0.2) is 42.5 Å². The second kappa shape index (κ2) is 9.27. The first kappa shape index (κ1) is 20.6. The highest BCUT2D eigenvalue weighted by Crippen LogP contribution is 2.24. The second-order valence-electron chi connectivity index (χ2n) is 5.77. The van der Waals surface area contributed by atoms with Gasteiger partial charge in [-0.1, -0.05) is 24.3 Å². The average Bonchev–Trinajstić information content (AvgIpc) is 2.60. The largest absolute Gasteiger partial charge is 0.481 e. The topological polar surface area (TPSA) is 91.7 Å². The molecule has 0 amide bonds. The molecule has 0 spiro atoms. The van der Waals surface area contributed by atoms with Gasteiger partial charge in [-0.15, -0.1) is 11.8 Å². The van der Waals surface area contributed by atoms with Gasteiger partial charge in [0.15, 0.2) is 5.78 Å². The summed E-state index contributed by atoms with van der Waals surface area (Å²) in [5, 5.41) is 17.8. The quantitative estimate of drug-likeness (QED) is 0.630. The minimum atomic E-state index is -1.17. The molecule has 0 aliphatic carbocycles. The zero-order valence-corrected chi connectivity index (χ0v) is 14.8. The third-order valence-electron chi connectivity index (χ3n) is 3.77. The highest BCUT2D eigenvalue weighted by molar-refractivity contribution is 7.99. The molecule has 142 valence electrons. The van der Waals surface area contributed by atoms with Crippen LogP contribution in [0.25, 0.3) is 11.1 Å². The van der Waals surface area contributed by atoms with Crippen molar-refractivity contribution < 1.29 is 33.4 Å². The highest BCUT2D eigenvalue weighted by Gasteiger charge is 2.22. The van der Waals surface area contributed by atoms with Crippen molar-refractivity contribution in [2.24, 2.45) is 5.92 Å². The van der Waals surface area contributed by atoms with Crippen LogP contribution < -0.4 is 0 Å². The average molecular weight is 394 g/mol. The molecule has 2 rings (SSSR count). The Balaban J connectivity index is 2.07. The summed E-state index contributed by atoms with van der Waals surface area (Å²) in [6.07, 6.45) is -0.272. The predicted octanol–water partition coefficient (Wildman–Crippen LogP) is 3.72. The van der Waals surface area contributed by atoms with Gasteiger partial charge in [0.1, 0.15) is 11.6 Å². The van der Waals surface area contributed by atoms with Crippen molar-refractivity contribution in [1.82, 2.24) is 0 Å². The van der Waals surface area contributed by atoms with Gasteiger partial charge in [0.25, 0.3) is 0 Å². The van der Waals surface area contributed by atoms with Gasteiger partial charge in [-0.2, -0.15) is 0 Å². The standard InChI is InChI=1S/C19H16F2O5S/c20-14-5-6-15(16(21)8-14)11-1-3-12(4-2-11)17(22)7-13(19(25)26)9-27-10-18(23)24/h1-6,8,13H,7,9-10H2,(H,23,24)(H,25,26)/t13-/m0/s1. The summed E-state index contributed by atoms with van der Waals surface area (Å²) < 4.78 is 26.8. The molecule has 0 heterocycles. The molecule has 0 radical (unpaired) electrons. The summed E-state index contributed by atoms with van der Waals surface area (Å²) in [6.45, 7) is 0. The zero-order valence-electron chi connectivity index (χ0n) is 14.0. The zero-order chi connectivity index (χ0) is 20.0. The second-order valence-corrected chi connectivity index (χ2v) is 6.80. The van der Waals surface area contributed by atoms with E-state index in [1.807, 2.05) is 0 Å². The first-order valence-electron chi connectivity index (χ1n) is 7.89. The molecule has 0 saturated heterocycles. The molecule has 0 fully saturated rings. The summed E-state index contributed by atoms with van der Waals surface area (Å²) in [6, 6.07) is 9.08. The van der Waals surface area contributed by atoms with Crippen LogP contribution in [0.1, 0.15) is 16.8 Å². The van der Waals surface area contributed by atoms with Gasteiger partial charge in [-0.05, 0) is 17.7 Å². The number of hydrogen-bond donors (Lipinski definition) is 2. The molecule has 8 heteroatoms. The fourth-order valence-electron chi connectivity index (χ4n) is 2.41. The lowest BCUT2D eigenvalue weighted by atomic mass is 9.97. The number of carboxylic acids is 2. The van der Waals surface area contributed by atoms with Gasteiger partial charge in [0.2, 0.25) is 0 Å². The maximum atomic E-state index is 13.8. The van der Waals surface area contributed by atoms with E-state index in [1.165, 1.54) is 30.3 Å². The van der Waals surface area contributed by atoms with E-state index in [0.29, 0.717) is 5.56 Å². The Morgan fingerprint density at radius 2 is 1.67 bits per heavy atom. The van der Waals surface area contributed by atoms with Crippen LogP contribution in [-0.2, 0) is 9.59 Å². The van der Waals surface area contributed by atoms with E-state index in [4.69, 9.17) is 5.11 Å². The monoisotopic (exact) mass is 394 g/mol. The number of carbonyl (C=O) groups excluding carboxylic acids is 1. The Kier molecular flexibility index (Phi) is 7.06. The van der Waals surface area contributed by atoms with Crippen molar-refractivity contribution >= 4 is 29.5 Å². The molecule has 1 atom stereocenters. The smallest absolute Gasteiger partial charge is 0.313 e. The molecular weight excluding hydrogens is 378 g/mol. The third kappa shape index (κ3) is 5.89. The summed E-state index contributed by atoms with van der Waals surface area (Å²) >= 11 is 0.933. The van der Waals surface area contributed by atoms with Gasteiger partial charge in [-0.25, -0.2) is 8.78 Å². The summed E-state index contributed by atoms with van der Waals surface area (Å²) in [7, 11) is 0. The number of rotatable bonds is 9. The molecule has 2 aromatic rings.